The van der Waals surface area contributed by atoms with E-state index in [4.69, 9.17) is 4.74 Å². The maximum Gasteiger partial charge on any atom is 0.408 e. The number of hydrogen-bond acceptors (Lipinski definition) is 8. The van der Waals surface area contributed by atoms with Crippen LogP contribution in [0.3, 0.4) is 0 Å². The Labute approximate surface area is 337 Å². The number of benzene rings is 4. The summed E-state index contributed by atoms with van der Waals surface area (Å²) in [7, 11) is 0. The molecule has 4 aliphatic rings. The van der Waals surface area contributed by atoms with Crippen LogP contribution in [-0.2, 0) is 6.61 Å². The van der Waals surface area contributed by atoms with E-state index >= 15 is 0 Å². The van der Waals surface area contributed by atoms with E-state index in [1.165, 1.54) is 12.1 Å². The summed E-state index contributed by atoms with van der Waals surface area (Å²) in [5.41, 5.74) is 3.85. The molecule has 1 unspecified atom stereocenters. The molecular weight excluding hydrogens is 735 g/mol. The van der Waals surface area contributed by atoms with E-state index in [-0.39, 0.29) is 29.9 Å². The second-order valence-electron chi connectivity index (χ2n) is 16.0. The molecule has 5 N–H and O–H groups in total. The molecule has 0 saturated carbocycles. The van der Waals surface area contributed by atoms with Crippen molar-refractivity contribution in [3.63, 3.8) is 0 Å². The number of aliphatic hydroxyl groups excluding tert-OH is 1. The van der Waals surface area contributed by atoms with Gasteiger partial charge in [0.25, 0.3) is 5.91 Å². The van der Waals surface area contributed by atoms with Crippen molar-refractivity contribution in [2.75, 3.05) is 45.8 Å². The summed E-state index contributed by atoms with van der Waals surface area (Å²) in [5.74, 6) is 1.25. The van der Waals surface area contributed by atoms with Crippen LogP contribution >= 0.6 is 0 Å². The van der Waals surface area contributed by atoms with Crippen LogP contribution in [0, 0.1) is 11.8 Å². The topological polar surface area (TPSA) is 159 Å². The third-order valence-corrected chi connectivity index (χ3v) is 12.3. The number of fused-ring (bicyclic) bond motifs is 4. The highest BCUT2D eigenvalue weighted by Crippen LogP contribution is 2.39. The summed E-state index contributed by atoms with van der Waals surface area (Å²) in [6.07, 6.45) is 1.94. The number of piperidine rings is 4. The Hall–Kier alpha value is -5.69. The molecule has 12 nitrogen and oxygen atoms in total. The number of nitrogens with zero attached hydrogens (tertiary/aromatic N) is 3. The van der Waals surface area contributed by atoms with Gasteiger partial charge in [0.1, 0.15) is 18.1 Å². The first-order valence-electron chi connectivity index (χ1n) is 20.3. The molecule has 9 rings (SSSR count). The second kappa shape index (κ2) is 17.4. The third-order valence-electron chi connectivity index (χ3n) is 12.3. The number of pyridine rings is 1. The number of phenols is 1. The van der Waals surface area contributed by atoms with Crippen LogP contribution in [0.25, 0.3) is 10.9 Å². The molecule has 5 heterocycles. The van der Waals surface area contributed by atoms with Gasteiger partial charge in [-0.15, -0.1) is 0 Å². The van der Waals surface area contributed by atoms with Gasteiger partial charge >= 0.3 is 6.09 Å². The number of ether oxygens (including phenoxy) is 1. The van der Waals surface area contributed by atoms with Gasteiger partial charge in [-0.2, -0.15) is 0 Å². The summed E-state index contributed by atoms with van der Waals surface area (Å²) in [6.45, 7) is 5.32. The van der Waals surface area contributed by atoms with Gasteiger partial charge in [-0.3, -0.25) is 14.5 Å². The number of aromatic amines is 1. The summed E-state index contributed by atoms with van der Waals surface area (Å²) in [4.78, 5) is 47.0. The standard InChI is InChI=1S/C46H51N5O7/c52-40-14-12-37(38-13-15-42(54)48-43(38)40)41(53)27-47-26-30-16-22-50(23-17-30)45(55)35-10-4-6-31(24-35)29-58-36-11-5-9-34(25-36)44(33-7-2-1-3-8-33)51(46(56)57)39-28-49-20-18-32(39)19-21-49/h1-15,24-25,30,32,39,41,44,47,52-53H,16-23,26-29H2,(H,48,54)(H,56,57)/t39-,41-,44?/m0/s1. The van der Waals surface area contributed by atoms with Crippen LogP contribution in [0.5, 0.6) is 11.5 Å². The number of amides is 2. The lowest BCUT2D eigenvalue weighted by Gasteiger charge is -2.50. The fourth-order valence-corrected chi connectivity index (χ4v) is 9.18. The largest absolute Gasteiger partial charge is 0.506 e. The Morgan fingerprint density at radius 3 is 2.36 bits per heavy atom. The SMILES string of the molecule is O=C(c1cccc(COc2cccc(C(c3ccccc3)N(C(=O)O)[C@H]3CN4CCC3CC4)c2)c1)N1CCC(CNC[C@H](O)c2ccc(O)c3[nH]c(=O)ccc23)CC1. The maximum atomic E-state index is 13.6. The molecule has 58 heavy (non-hydrogen) atoms. The third kappa shape index (κ3) is 8.59. The molecular formula is C46H51N5O7. The Morgan fingerprint density at radius 1 is 0.862 bits per heavy atom. The fourth-order valence-electron chi connectivity index (χ4n) is 9.18. The normalized spacial score (nSPS) is 20.4. The van der Waals surface area contributed by atoms with Gasteiger partial charge in [-0.1, -0.05) is 60.7 Å². The van der Waals surface area contributed by atoms with E-state index in [2.05, 4.69) is 15.2 Å². The van der Waals surface area contributed by atoms with E-state index in [1.807, 2.05) is 83.8 Å². The number of carboxylic acid groups (broad SMARTS) is 1. The summed E-state index contributed by atoms with van der Waals surface area (Å²) in [6, 6.07) is 30.7. The lowest BCUT2D eigenvalue weighted by atomic mass is 9.81. The molecule has 1 aromatic heterocycles. The maximum absolute atomic E-state index is 13.6. The lowest BCUT2D eigenvalue weighted by Crippen LogP contribution is -2.59. The fraction of sp³-hybridized carbons (Fsp3) is 0.370. The number of aromatic nitrogens is 1. The minimum absolute atomic E-state index is 0.0184. The zero-order valence-electron chi connectivity index (χ0n) is 32.5. The molecule has 4 aromatic carbocycles. The van der Waals surface area contributed by atoms with Crippen molar-refractivity contribution >= 4 is 22.9 Å². The molecule has 0 spiro atoms. The van der Waals surface area contributed by atoms with E-state index in [0.29, 0.717) is 65.8 Å². The molecule has 0 aliphatic carbocycles. The predicted octanol–water partition coefficient (Wildman–Crippen LogP) is 6.15. The van der Waals surface area contributed by atoms with E-state index in [9.17, 15) is 29.7 Å². The Kier molecular flexibility index (Phi) is 11.8. The molecule has 4 saturated heterocycles. The Balaban J connectivity index is 0.865. The van der Waals surface area contributed by atoms with Crippen LogP contribution in [-0.4, -0.2) is 98.9 Å². The summed E-state index contributed by atoms with van der Waals surface area (Å²) in [5, 5.41) is 35.8. The predicted molar refractivity (Wildman–Crippen MR) is 221 cm³/mol. The Morgan fingerprint density at radius 2 is 1.62 bits per heavy atom. The van der Waals surface area contributed by atoms with Crippen molar-refractivity contribution in [2.24, 2.45) is 11.8 Å². The van der Waals surface area contributed by atoms with E-state index < -0.39 is 18.2 Å². The molecule has 302 valence electrons. The van der Waals surface area contributed by atoms with Gasteiger partial charge < -0.3 is 40.2 Å². The zero-order chi connectivity index (χ0) is 40.2. The average Bonchev–Trinajstić information content (AvgIpc) is 3.25. The number of likely N-dealkylation sites (tertiary alicyclic amines) is 1. The highest BCUT2D eigenvalue weighted by molar-refractivity contribution is 5.94. The minimum Gasteiger partial charge on any atom is -0.506 e. The second-order valence-corrected chi connectivity index (χ2v) is 16.0. The van der Waals surface area contributed by atoms with Crippen LogP contribution in [0.1, 0.15) is 70.4 Å². The number of carbonyl (C=O) groups excluding carboxylic acids is 1. The highest BCUT2D eigenvalue weighted by atomic mass is 16.5. The van der Waals surface area contributed by atoms with Crippen LogP contribution in [0.2, 0.25) is 0 Å². The van der Waals surface area contributed by atoms with Crippen LogP contribution in [0.4, 0.5) is 4.79 Å². The quantitative estimate of drug-likeness (QED) is 0.0945. The first-order valence-corrected chi connectivity index (χ1v) is 20.3. The molecule has 4 aliphatic heterocycles. The lowest BCUT2D eigenvalue weighted by molar-refractivity contribution is -0.000814. The molecule has 2 bridgehead atoms. The monoisotopic (exact) mass is 785 g/mol. The number of aromatic hydroxyl groups is 1. The molecule has 3 atom stereocenters. The van der Waals surface area contributed by atoms with Crippen molar-refractivity contribution in [3.05, 3.63) is 141 Å². The van der Waals surface area contributed by atoms with Crippen molar-refractivity contribution in [1.29, 1.82) is 0 Å². The Bertz CT molecular complexity index is 2280. The molecule has 2 amide bonds. The number of rotatable bonds is 13. The van der Waals surface area contributed by atoms with Crippen LogP contribution < -0.4 is 15.6 Å². The van der Waals surface area contributed by atoms with Gasteiger partial charge in [-0.25, -0.2) is 4.79 Å². The molecule has 12 heteroatoms. The van der Waals surface area contributed by atoms with Gasteiger partial charge in [0, 0.05) is 43.2 Å². The number of aliphatic hydroxyl groups is 1. The molecule has 0 radical (unpaired) electrons. The van der Waals surface area contributed by atoms with Gasteiger partial charge in [0.2, 0.25) is 5.56 Å². The molecule has 5 aromatic rings. The number of carbonyl (C=O) groups is 2. The zero-order valence-corrected chi connectivity index (χ0v) is 32.5. The van der Waals surface area contributed by atoms with Gasteiger partial charge in [-0.05, 0) is 116 Å². The minimum atomic E-state index is -0.918. The number of phenolic OH excluding ortho intramolecular Hbond substituents is 1. The summed E-state index contributed by atoms with van der Waals surface area (Å²) >= 11 is 0. The van der Waals surface area contributed by atoms with Crippen LogP contribution in [0.15, 0.2) is 108 Å². The van der Waals surface area contributed by atoms with Crippen molar-refractivity contribution in [1.82, 2.24) is 25.0 Å². The van der Waals surface area contributed by atoms with Crippen molar-refractivity contribution < 1.29 is 29.6 Å². The smallest absolute Gasteiger partial charge is 0.408 e. The number of nitrogens with one attached hydrogen (secondary N) is 2. The molecule has 4 fully saturated rings. The first-order chi connectivity index (χ1) is 28.2. The number of H-pyrrole nitrogens is 1. The van der Waals surface area contributed by atoms with Gasteiger partial charge in [0.15, 0.2) is 0 Å². The van der Waals surface area contributed by atoms with Gasteiger partial charge in [0.05, 0.1) is 23.7 Å². The first kappa shape index (κ1) is 39.2. The van der Waals surface area contributed by atoms with Crippen molar-refractivity contribution in [2.45, 2.75) is 50.5 Å². The van der Waals surface area contributed by atoms with Crippen molar-refractivity contribution in [3.8, 4) is 11.5 Å². The van der Waals surface area contributed by atoms with E-state index in [1.54, 1.807) is 17.0 Å². The highest BCUT2D eigenvalue weighted by Gasteiger charge is 2.43. The number of hydrogen-bond donors (Lipinski definition) is 5. The van der Waals surface area contributed by atoms with E-state index in [0.717, 1.165) is 62.0 Å². The average molecular weight is 786 g/mol. The summed E-state index contributed by atoms with van der Waals surface area (Å²) < 4.78 is 6.31.